The van der Waals surface area contributed by atoms with E-state index in [4.69, 9.17) is 26.1 Å². The molecule has 1 atom stereocenters. The van der Waals surface area contributed by atoms with Gasteiger partial charge in [-0.2, -0.15) is 5.10 Å². The molecule has 0 radical (unpaired) electrons. The highest BCUT2D eigenvalue weighted by atomic mass is 35.5. The van der Waals surface area contributed by atoms with Crippen LogP contribution in [-0.2, 0) is 24.4 Å². The van der Waals surface area contributed by atoms with Crippen LogP contribution in [0.1, 0.15) is 46.0 Å². The number of rotatable bonds is 10. The van der Waals surface area contributed by atoms with E-state index >= 15 is 0 Å². The van der Waals surface area contributed by atoms with Gasteiger partial charge in [0, 0.05) is 53.4 Å². The molecule has 260 valence electrons. The lowest BCUT2D eigenvalue weighted by atomic mass is 10.0. The van der Waals surface area contributed by atoms with E-state index in [9.17, 15) is 13.6 Å². The van der Waals surface area contributed by atoms with Crippen LogP contribution in [0.2, 0.25) is 5.02 Å². The first kappa shape index (κ1) is 33.0. The number of H-pyrrole nitrogens is 1. The Balaban J connectivity index is 0.973. The number of nitrogens with one attached hydrogen (secondary N) is 2. The van der Waals surface area contributed by atoms with Gasteiger partial charge in [0.25, 0.3) is 5.91 Å². The number of benzene rings is 3. The fourth-order valence-corrected chi connectivity index (χ4v) is 6.65. The van der Waals surface area contributed by atoms with Gasteiger partial charge in [-0.25, -0.2) is 18.7 Å². The van der Waals surface area contributed by atoms with Crippen molar-refractivity contribution in [3.63, 3.8) is 0 Å². The highest BCUT2D eigenvalue weighted by Gasteiger charge is 2.24. The molecule has 0 aliphatic carbocycles. The first-order valence-corrected chi connectivity index (χ1v) is 17.2. The quantitative estimate of drug-likeness (QED) is 0.152. The van der Waals surface area contributed by atoms with Crippen LogP contribution in [0.3, 0.4) is 0 Å². The molecule has 51 heavy (non-hydrogen) atoms. The first-order chi connectivity index (χ1) is 24.8. The molecule has 1 saturated heterocycles. The van der Waals surface area contributed by atoms with Crippen LogP contribution in [0.5, 0.6) is 5.88 Å². The van der Waals surface area contributed by atoms with Gasteiger partial charge in [-0.15, -0.1) is 0 Å². The minimum absolute atomic E-state index is 0.0475. The summed E-state index contributed by atoms with van der Waals surface area (Å²) in [4.78, 5) is 25.3. The number of anilines is 1. The van der Waals surface area contributed by atoms with Crippen molar-refractivity contribution < 1.29 is 23.0 Å². The fourth-order valence-electron chi connectivity index (χ4n) is 6.49. The average Bonchev–Trinajstić information content (AvgIpc) is 3.64. The van der Waals surface area contributed by atoms with E-state index in [0.29, 0.717) is 52.7 Å². The summed E-state index contributed by atoms with van der Waals surface area (Å²) >= 11 is 5.87. The number of nitrogens with zero attached hydrogens (tertiary/aromatic N) is 5. The normalized spacial score (nSPS) is 16.3. The molecule has 1 fully saturated rings. The molecule has 0 bridgehead atoms. The number of hydrogen-bond donors (Lipinski definition) is 2. The number of amides is 1. The third-order valence-corrected chi connectivity index (χ3v) is 9.69. The molecule has 1 amide bonds. The Morgan fingerprint density at radius 1 is 1.10 bits per heavy atom. The Hall–Kier alpha value is -5.17. The summed E-state index contributed by atoms with van der Waals surface area (Å²) in [5.41, 5.74) is 5.69. The van der Waals surface area contributed by atoms with Crippen LogP contribution in [0.4, 0.5) is 14.5 Å². The number of carbonyl (C=O) groups is 1. The van der Waals surface area contributed by atoms with E-state index in [2.05, 4.69) is 36.0 Å². The number of aryl methyl sites for hydroxylation is 1. The number of carbonyl (C=O) groups excluding carboxylic acids is 1. The van der Waals surface area contributed by atoms with Crippen molar-refractivity contribution in [3.8, 4) is 5.88 Å². The van der Waals surface area contributed by atoms with E-state index in [1.807, 2.05) is 25.1 Å². The van der Waals surface area contributed by atoms with Crippen molar-refractivity contribution >= 4 is 50.7 Å². The topological polar surface area (TPSA) is 110 Å². The van der Waals surface area contributed by atoms with Crippen molar-refractivity contribution in [2.75, 3.05) is 25.0 Å². The number of halogens is 3. The third kappa shape index (κ3) is 6.94. The van der Waals surface area contributed by atoms with Crippen molar-refractivity contribution in [3.05, 3.63) is 118 Å². The third-order valence-electron chi connectivity index (χ3n) is 9.46. The van der Waals surface area contributed by atoms with Crippen LogP contribution in [0.15, 0.2) is 72.8 Å². The molecule has 2 aliphatic rings. The van der Waals surface area contributed by atoms with Gasteiger partial charge in [-0.3, -0.25) is 14.8 Å². The standard InChI is InChI=1S/C38H34ClF2N7O3/c1-22-28-17-33(30(41)18-32(28)46-45-22)44-38(49)24-6-8-35-34(15-24)42-36(48(35)19-27-11-14-50-27)20-47-12-9-23(10-13-47)31-3-2-4-37(43-31)51-21-25-5-7-26(39)16-29(25)40/h2-9,15-18,27H,10-14,19-21H2,1H3,(H,44,49)(H,45,46)/t27-/m0/s1. The zero-order chi connectivity index (χ0) is 35.1. The Kier molecular flexibility index (Phi) is 8.97. The number of ether oxygens (including phenoxy) is 2. The van der Waals surface area contributed by atoms with Crippen LogP contribution in [-0.4, -0.2) is 61.3 Å². The maximum absolute atomic E-state index is 14.8. The van der Waals surface area contributed by atoms with Gasteiger partial charge in [0.1, 0.15) is 24.1 Å². The molecule has 10 nitrogen and oxygen atoms in total. The molecule has 6 aromatic rings. The van der Waals surface area contributed by atoms with Gasteiger partial charge < -0.3 is 19.4 Å². The molecule has 3 aromatic heterocycles. The van der Waals surface area contributed by atoms with Gasteiger partial charge in [0.2, 0.25) is 5.88 Å². The highest BCUT2D eigenvalue weighted by molar-refractivity contribution is 6.30. The Morgan fingerprint density at radius 2 is 1.98 bits per heavy atom. The number of fused-ring (bicyclic) bond motifs is 2. The second kappa shape index (κ2) is 13.9. The van der Waals surface area contributed by atoms with Crippen molar-refractivity contribution in [1.82, 2.24) is 29.6 Å². The van der Waals surface area contributed by atoms with Gasteiger partial charge in [0.05, 0.1) is 52.8 Å². The zero-order valence-electron chi connectivity index (χ0n) is 27.8. The zero-order valence-corrected chi connectivity index (χ0v) is 28.5. The molecule has 13 heteroatoms. The second-order valence-corrected chi connectivity index (χ2v) is 13.3. The Morgan fingerprint density at radius 3 is 2.76 bits per heavy atom. The second-order valence-electron chi connectivity index (χ2n) is 12.9. The number of aromatic nitrogens is 5. The smallest absolute Gasteiger partial charge is 0.255 e. The van der Waals surface area contributed by atoms with E-state index < -0.39 is 17.5 Å². The maximum atomic E-state index is 14.8. The van der Waals surface area contributed by atoms with E-state index in [1.165, 1.54) is 12.1 Å². The summed E-state index contributed by atoms with van der Waals surface area (Å²) in [5, 5.41) is 10.7. The summed E-state index contributed by atoms with van der Waals surface area (Å²) in [6, 6.07) is 18.4. The predicted molar refractivity (Wildman–Crippen MR) is 191 cm³/mol. The highest BCUT2D eigenvalue weighted by Crippen LogP contribution is 2.28. The Labute approximate surface area is 297 Å². The summed E-state index contributed by atoms with van der Waals surface area (Å²) in [5.74, 6) is -0.0909. The fraction of sp³-hybridized carbons (Fsp3) is 0.263. The van der Waals surface area contributed by atoms with E-state index in [1.54, 1.807) is 36.4 Å². The molecule has 0 spiro atoms. The van der Waals surface area contributed by atoms with E-state index in [0.717, 1.165) is 59.7 Å². The largest absolute Gasteiger partial charge is 0.473 e. The summed E-state index contributed by atoms with van der Waals surface area (Å²) in [7, 11) is 0. The number of pyridine rings is 1. The van der Waals surface area contributed by atoms with Crippen LogP contribution in [0, 0.1) is 18.6 Å². The van der Waals surface area contributed by atoms with Crippen molar-refractivity contribution in [2.24, 2.45) is 0 Å². The summed E-state index contributed by atoms with van der Waals surface area (Å²) < 4.78 is 42.8. The molecular formula is C38H34ClF2N7O3. The minimum atomic E-state index is -0.547. The molecule has 0 saturated carbocycles. The molecule has 2 aliphatic heterocycles. The SMILES string of the molecule is Cc1n[nH]c2cc(F)c(NC(=O)c3ccc4c(c3)nc(CN3CC=C(c5cccc(OCc6ccc(Cl)cc6F)n5)CC3)n4C[C@@H]3CCO3)cc12. The van der Waals surface area contributed by atoms with Crippen LogP contribution in [0.25, 0.3) is 27.5 Å². The molecule has 2 N–H and O–H groups in total. The van der Waals surface area contributed by atoms with Crippen molar-refractivity contribution in [1.29, 1.82) is 0 Å². The lowest BCUT2D eigenvalue weighted by Gasteiger charge is -2.29. The Bertz CT molecular complexity index is 2320. The lowest BCUT2D eigenvalue weighted by Crippen LogP contribution is -2.33. The number of hydrogen-bond acceptors (Lipinski definition) is 7. The number of aromatic amines is 1. The lowest BCUT2D eigenvalue weighted by molar-refractivity contribution is -0.0591. The molecule has 8 rings (SSSR count). The van der Waals surface area contributed by atoms with E-state index in [-0.39, 0.29) is 18.4 Å². The molecular weight excluding hydrogens is 676 g/mol. The first-order valence-electron chi connectivity index (χ1n) is 16.8. The molecule has 5 heterocycles. The minimum Gasteiger partial charge on any atom is -0.473 e. The summed E-state index contributed by atoms with van der Waals surface area (Å²) in [6.07, 6.45) is 4.03. The van der Waals surface area contributed by atoms with Gasteiger partial charge >= 0.3 is 0 Å². The summed E-state index contributed by atoms with van der Waals surface area (Å²) in [6.45, 7) is 5.36. The average molecular weight is 710 g/mol. The van der Waals surface area contributed by atoms with Gasteiger partial charge in [-0.05, 0) is 67.8 Å². The van der Waals surface area contributed by atoms with Gasteiger partial charge in [-0.1, -0.05) is 29.8 Å². The van der Waals surface area contributed by atoms with Crippen molar-refractivity contribution in [2.45, 2.75) is 45.6 Å². The van der Waals surface area contributed by atoms with Gasteiger partial charge in [0.15, 0.2) is 0 Å². The monoisotopic (exact) mass is 709 g/mol. The molecule has 3 aromatic carbocycles. The number of imidazole rings is 1. The predicted octanol–water partition coefficient (Wildman–Crippen LogP) is 7.46. The molecule has 0 unspecified atom stereocenters. The maximum Gasteiger partial charge on any atom is 0.255 e. The van der Waals surface area contributed by atoms with Crippen LogP contribution >= 0.6 is 11.6 Å². The van der Waals surface area contributed by atoms with Crippen LogP contribution < -0.4 is 10.1 Å².